The zero-order chi connectivity index (χ0) is 25.5. The summed E-state index contributed by atoms with van der Waals surface area (Å²) in [6.07, 6.45) is -7.49. The van der Waals surface area contributed by atoms with Crippen LogP contribution < -0.4 is 0 Å². The first-order chi connectivity index (χ1) is 15.8. The molecule has 0 bridgehead atoms. The van der Waals surface area contributed by atoms with Crippen LogP contribution in [0.2, 0.25) is 0 Å². The zero-order valence-electron chi connectivity index (χ0n) is 17.4. The molecule has 190 valence electrons. The third-order valence-electron chi connectivity index (χ3n) is 4.54. The summed E-state index contributed by atoms with van der Waals surface area (Å²) < 4.78 is 69.2. The van der Waals surface area contributed by atoms with Gasteiger partial charge in [0.15, 0.2) is 0 Å². The largest absolute Gasteiger partial charge is 0.490 e. The molecule has 1 aliphatic heterocycles. The monoisotopic (exact) mass is 517 g/mol. The molecule has 4 rings (SSSR count). The molecule has 0 unspecified atom stereocenters. The van der Waals surface area contributed by atoms with Gasteiger partial charge in [-0.2, -0.15) is 31.4 Å². The van der Waals surface area contributed by atoms with Crippen LogP contribution in [0.3, 0.4) is 0 Å². The lowest BCUT2D eigenvalue weighted by Gasteiger charge is -2.13. The van der Waals surface area contributed by atoms with Gasteiger partial charge in [0.2, 0.25) is 0 Å². The van der Waals surface area contributed by atoms with Crippen LogP contribution in [0.4, 0.5) is 26.3 Å². The predicted molar refractivity (Wildman–Crippen MR) is 106 cm³/mol. The van der Waals surface area contributed by atoms with E-state index in [1.807, 2.05) is 11.3 Å². The molecule has 8 nitrogen and oxygen atoms in total. The molecule has 2 aromatic rings. The van der Waals surface area contributed by atoms with Crippen molar-refractivity contribution in [2.45, 2.75) is 51.4 Å². The number of carboxylic acids is 2. The van der Waals surface area contributed by atoms with Crippen molar-refractivity contribution in [2.75, 3.05) is 6.61 Å². The van der Waals surface area contributed by atoms with E-state index in [2.05, 4.69) is 32.6 Å². The number of alkyl halides is 6. The Kier molecular flexibility index (Phi) is 9.46. The Bertz CT molecular complexity index is 917. The highest BCUT2D eigenvalue weighted by molar-refractivity contribution is 7.09. The Morgan fingerprint density at radius 1 is 1.12 bits per heavy atom. The third kappa shape index (κ3) is 9.30. The lowest BCUT2D eigenvalue weighted by Crippen LogP contribution is -2.21. The van der Waals surface area contributed by atoms with Crippen LogP contribution in [0.5, 0.6) is 0 Å². The number of halogens is 6. The van der Waals surface area contributed by atoms with E-state index in [-0.39, 0.29) is 0 Å². The van der Waals surface area contributed by atoms with Gasteiger partial charge in [0, 0.05) is 36.7 Å². The van der Waals surface area contributed by atoms with E-state index in [1.54, 1.807) is 0 Å². The van der Waals surface area contributed by atoms with E-state index in [1.165, 1.54) is 29.0 Å². The summed E-state index contributed by atoms with van der Waals surface area (Å²) >= 11 is 1.83. The van der Waals surface area contributed by atoms with E-state index < -0.39 is 24.3 Å². The molecular weight excluding hydrogens is 496 g/mol. The second-order valence-corrected chi connectivity index (χ2v) is 8.45. The molecule has 15 heteroatoms. The molecule has 3 N–H and O–H groups in total. The number of ether oxygens (including phenoxy) is 1. The molecule has 0 spiro atoms. The number of H-pyrrole nitrogens is 1. The SMILES string of the molecule is O=C(O)C(F)(F)F.O=C(O)C(F)(F)F.c1csc(CN2Cc3[nH]nc(COCC4CC4)c3C2)c1. The molecule has 0 aromatic carbocycles. The average Bonchev–Trinajstić information content (AvgIpc) is 3.08. The normalized spacial score (nSPS) is 15.6. The van der Waals surface area contributed by atoms with E-state index in [4.69, 9.17) is 24.5 Å². The minimum absolute atomic E-state index is 0.662. The number of carboxylic acid groups (broad SMARTS) is 2. The van der Waals surface area contributed by atoms with Crippen LogP contribution in [-0.4, -0.2) is 56.2 Å². The van der Waals surface area contributed by atoms with Gasteiger partial charge in [0.25, 0.3) is 0 Å². The number of nitrogens with zero attached hydrogens (tertiary/aromatic N) is 2. The summed E-state index contributed by atoms with van der Waals surface area (Å²) in [4.78, 5) is 21.7. The van der Waals surface area contributed by atoms with Gasteiger partial charge >= 0.3 is 24.3 Å². The van der Waals surface area contributed by atoms with E-state index in [0.29, 0.717) is 6.61 Å². The summed E-state index contributed by atoms with van der Waals surface area (Å²) in [5, 5.41) is 24.0. The molecule has 0 atom stereocenters. The van der Waals surface area contributed by atoms with Crippen molar-refractivity contribution in [2.24, 2.45) is 5.92 Å². The fourth-order valence-electron chi connectivity index (χ4n) is 2.73. The van der Waals surface area contributed by atoms with Crippen molar-refractivity contribution in [3.8, 4) is 0 Å². The number of aromatic amines is 1. The second-order valence-electron chi connectivity index (χ2n) is 7.42. The average molecular weight is 517 g/mol. The van der Waals surface area contributed by atoms with Crippen molar-refractivity contribution in [3.05, 3.63) is 39.3 Å². The minimum Gasteiger partial charge on any atom is -0.475 e. The van der Waals surface area contributed by atoms with Gasteiger partial charge < -0.3 is 14.9 Å². The van der Waals surface area contributed by atoms with Gasteiger partial charge in [-0.05, 0) is 30.2 Å². The standard InChI is InChI=1S/C15H19N3OS.2C2HF3O2/c1-2-12(20-5-1)6-18-7-13-14(8-18)16-17-15(13)10-19-9-11-3-4-11;2*3-2(4,5)1(6)7/h1-2,5,11H,3-4,6-10H2,(H,16,17);2*(H,6,7). The molecule has 1 fully saturated rings. The maximum absolute atomic E-state index is 10.6. The van der Waals surface area contributed by atoms with Crippen LogP contribution in [0.1, 0.15) is 34.7 Å². The predicted octanol–water partition coefficient (Wildman–Crippen LogP) is 4.18. The summed E-state index contributed by atoms with van der Waals surface area (Å²) in [5.74, 6) is -4.70. The molecule has 0 amide bonds. The quantitative estimate of drug-likeness (QED) is 0.493. The van der Waals surface area contributed by atoms with E-state index >= 15 is 0 Å². The Morgan fingerprint density at radius 2 is 1.71 bits per heavy atom. The first-order valence-corrected chi connectivity index (χ1v) is 10.6. The minimum atomic E-state index is -5.08. The fraction of sp³-hybridized carbons (Fsp3) is 0.526. The Balaban J connectivity index is 0.000000244. The van der Waals surface area contributed by atoms with Gasteiger partial charge in [0.1, 0.15) is 0 Å². The van der Waals surface area contributed by atoms with Crippen LogP contribution in [-0.2, 0) is 40.6 Å². The number of nitrogens with one attached hydrogen (secondary N) is 1. The molecule has 3 heterocycles. The number of aromatic nitrogens is 2. The molecule has 1 aliphatic carbocycles. The summed E-state index contributed by atoms with van der Waals surface area (Å²) in [7, 11) is 0. The number of carbonyl (C=O) groups is 2. The number of aliphatic carboxylic acids is 2. The Morgan fingerprint density at radius 3 is 2.18 bits per heavy atom. The summed E-state index contributed by atoms with van der Waals surface area (Å²) in [6.45, 7) is 4.56. The van der Waals surface area contributed by atoms with Gasteiger partial charge in [-0.25, -0.2) is 9.59 Å². The molecule has 2 aromatic heterocycles. The molecule has 34 heavy (non-hydrogen) atoms. The molecule has 0 saturated heterocycles. The number of thiophene rings is 1. The molecule has 0 radical (unpaired) electrons. The highest BCUT2D eigenvalue weighted by Gasteiger charge is 2.38. The van der Waals surface area contributed by atoms with Crippen LogP contribution >= 0.6 is 11.3 Å². The van der Waals surface area contributed by atoms with Gasteiger partial charge in [0.05, 0.1) is 18.0 Å². The van der Waals surface area contributed by atoms with Crippen LogP contribution in [0.25, 0.3) is 0 Å². The van der Waals surface area contributed by atoms with E-state index in [0.717, 1.165) is 37.9 Å². The topological polar surface area (TPSA) is 116 Å². The first-order valence-electron chi connectivity index (χ1n) is 9.75. The summed E-state index contributed by atoms with van der Waals surface area (Å²) in [5.41, 5.74) is 3.73. The highest BCUT2D eigenvalue weighted by Crippen LogP contribution is 2.30. The lowest BCUT2D eigenvalue weighted by atomic mass is 10.2. The molecular formula is C19H21F6N3O5S. The smallest absolute Gasteiger partial charge is 0.475 e. The maximum Gasteiger partial charge on any atom is 0.490 e. The van der Waals surface area contributed by atoms with Gasteiger partial charge in [-0.3, -0.25) is 10.00 Å². The van der Waals surface area contributed by atoms with Crippen molar-refractivity contribution in [1.29, 1.82) is 0 Å². The van der Waals surface area contributed by atoms with Crippen molar-refractivity contribution < 1.29 is 50.9 Å². The van der Waals surface area contributed by atoms with Crippen molar-refractivity contribution >= 4 is 23.3 Å². The van der Waals surface area contributed by atoms with Crippen molar-refractivity contribution in [3.63, 3.8) is 0 Å². The van der Waals surface area contributed by atoms with Crippen molar-refractivity contribution in [1.82, 2.24) is 15.1 Å². The van der Waals surface area contributed by atoms with Gasteiger partial charge in [-0.1, -0.05) is 6.07 Å². The molecule has 1 saturated carbocycles. The van der Waals surface area contributed by atoms with Gasteiger partial charge in [-0.15, -0.1) is 11.3 Å². The summed E-state index contributed by atoms with van der Waals surface area (Å²) in [6, 6.07) is 4.32. The fourth-order valence-corrected chi connectivity index (χ4v) is 3.47. The molecule has 2 aliphatic rings. The maximum atomic E-state index is 10.6. The number of hydrogen-bond donors (Lipinski definition) is 3. The van der Waals surface area contributed by atoms with Crippen LogP contribution in [0, 0.1) is 5.92 Å². The zero-order valence-corrected chi connectivity index (χ0v) is 18.3. The number of rotatable bonds is 6. The first kappa shape index (κ1) is 27.6. The third-order valence-corrected chi connectivity index (χ3v) is 5.40. The Labute approximate surface area is 193 Å². The lowest BCUT2D eigenvalue weighted by molar-refractivity contribution is -0.193. The Hall–Kier alpha value is -2.65. The highest BCUT2D eigenvalue weighted by atomic mass is 32.1. The number of hydrogen-bond acceptors (Lipinski definition) is 6. The van der Waals surface area contributed by atoms with Crippen LogP contribution in [0.15, 0.2) is 17.5 Å². The van der Waals surface area contributed by atoms with E-state index in [9.17, 15) is 26.3 Å². The second kappa shape index (κ2) is 11.7. The number of fused-ring (bicyclic) bond motifs is 1.